The van der Waals surface area contributed by atoms with Gasteiger partial charge in [0, 0.05) is 27.5 Å². The molecule has 0 unspecified atom stereocenters. The van der Waals surface area contributed by atoms with E-state index in [1.165, 1.54) is 17.2 Å². The SMILES string of the molecule is CC.CC(C)(C)c1ccc2c3ccc(C(C)(C)C)cc3n(-c3cc(-c4cccc(F)c4)ccc3-c3nc(-c4ccccc4)nc(-c4ccccc4)n3)c2c1. The molecule has 0 atom stereocenters. The van der Waals surface area contributed by atoms with Crippen molar-refractivity contribution in [2.24, 2.45) is 0 Å². The average molecular weight is 711 g/mol. The summed E-state index contributed by atoms with van der Waals surface area (Å²) >= 11 is 0. The van der Waals surface area contributed by atoms with Gasteiger partial charge in [0.25, 0.3) is 0 Å². The Morgan fingerprint density at radius 1 is 0.444 bits per heavy atom. The summed E-state index contributed by atoms with van der Waals surface area (Å²) in [6, 6.07) is 46.8. The largest absolute Gasteiger partial charge is 0.308 e. The molecule has 2 aromatic heterocycles. The maximum absolute atomic E-state index is 14.7. The van der Waals surface area contributed by atoms with Crippen molar-refractivity contribution in [3.8, 4) is 51.0 Å². The van der Waals surface area contributed by atoms with Crippen molar-refractivity contribution < 1.29 is 4.39 Å². The van der Waals surface area contributed by atoms with Gasteiger partial charge < -0.3 is 4.57 Å². The highest BCUT2D eigenvalue weighted by molar-refractivity contribution is 6.10. The third-order valence-corrected chi connectivity index (χ3v) is 9.84. The van der Waals surface area contributed by atoms with Crippen LogP contribution in [0.15, 0.2) is 140 Å². The lowest BCUT2D eigenvalue weighted by Crippen LogP contribution is -2.11. The van der Waals surface area contributed by atoms with E-state index in [1.54, 1.807) is 12.1 Å². The lowest BCUT2D eigenvalue weighted by Gasteiger charge is -2.21. The first-order valence-corrected chi connectivity index (χ1v) is 18.8. The smallest absolute Gasteiger partial charge is 0.166 e. The number of hydrogen-bond donors (Lipinski definition) is 0. The van der Waals surface area contributed by atoms with Gasteiger partial charge in [-0.25, -0.2) is 19.3 Å². The third kappa shape index (κ3) is 7.06. The molecule has 8 aromatic rings. The minimum atomic E-state index is -0.276. The van der Waals surface area contributed by atoms with Crippen molar-refractivity contribution in [1.82, 2.24) is 19.5 Å². The lowest BCUT2D eigenvalue weighted by atomic mass is 9.86. The Morgan fingerprint density at radius 2 is 0.907 bits per heavy atom. The summed E-state index contributed by atoms with van der Waals surface area (Å²) in [4.78, 5) is 15.3. The van der Waals surface area contributed by atoms with Crippen LogP contribution < -0.4 is 0 Å². The molecule has 0 radical (unpaired) electrons. The molecule has 0 amide bonds. The van der Waals surface area contributed by atoms with Crippen LogP contribution >= 0.6 is 0 Å². The Labute approximate surface area is 318 Å². The molecule has 0 N–H and O–H groups in total. The third-order valence-electron chi connectivity index (χ3n) is 9.84. The van der Waals surface area contributed by atoms with E-state index in [0.717, 1.165) is 55.3 Å². The van der Waals surface area contributed by atoms with Crippen molar-refractivity contribution >= 4 is 21.8 Å². The summed E-state index contributed by atoms with van der Waals surface area (Å²) in [5, 5.41) is 2.33. The molecule has 5 heteroatoms. The second-order valence-corrected chi connectivity index (χ2v) is 15.6. The number of nitrogens with zero attached hydrogens (tertiary/aromatic N) is 4. The fourth-order valence-corrected chi connectivity index (χ4v) is 6.89. The van der Waals surface area contributed by atoms with Gasteiger partial charge in [-0.05, 0) is 69.5 Å². The summed E-state index contributed by atoms with van der Waals surface area (Å²) in [6.45, 7) is 17.5. The topological polar surface area (TPSA) is 43.6 Å². The van der Waals surface area contributed by atoms with Crippen molar-refractivity contribution in [2.75, 3.05) is 0 Å². The van der Waals surface area contributed by atoms with Crippen molar-refractivity contribution in [2.45, 2.75) is 66.2 Å². The first kappa shape index (κ1) is 36.4. The van der Waals surface area contributed by atoms with E-state index < -0.39 is 0 Å². The summed E-state index contributed by atoms with van der Waals surface area (Å²) in [7, 11) is 0. The molecule has 54 heavy (non-hydrogen) atoms. The summed E-state index contributed by atoms with van der Waals surface area (Å²) < 4.78 is 17.0. The second kappa shape index (κ2) is 14.5. The molecule has 6 aromatic carbocycles. The molecular weight excluding hydrogens is 664 g/mol. The van der Waals surface area contributed by atoms with E-state index in [1.807, 2.05) is 86.6 Å². The zero-order valence-corrected chi connectivity index (χ0v) is 32.4. The van der Waals surface area contributed by atoms with Crippen LogP contribution in [-0.2, 0) is 10.8 Å². The number of fused-ring (bicyclic) bond motifs is 3. The molecule has 4 nitrogen and oxygen atoms in total. The van der Waals surface area contributed by atoms with E-state index in [0.29, 0.717) is 17.5 Å². The van der Waals surface area contributed by atoms with Gasteiger partial charge >= 0.3 is 0 Å². The predicted octanol–water partition coefficient (Wildman–Crippen LogP) is 13.4. The molecule has 2 heterocycles. The van der Waals surface area contributed by atoms with Gasteiger partial charge in [-0.3, -0.25) is 0 Å². The van der Waals surface area contributed by atoms with Crippen LogP contribution in [0.2, 0.25) is 0 Å². The van der Waals surface area contributed by atoms with Crippen LogP contribution in [0.5, 0.6) is 0 Å². The maximum atomic E-state index is 14.7. The zero-order valence-electron chi connectivity index (χ0n) is 32.4. The van der Waals surface area contributed by atoms with Gasteiger partial charge in [-0.1, -0.05) is 159 Å². The second-order valence-electron chi connectivity index (χ2n) is 15.6. The molecule has 0 fully saturated rings. The highest BCUT2D eigenvalue weighted by Crippen LogP contribution is 2.41. The molecule has 270 valence electrons. The Bertz CT molecular complexity index is 2460. The van der Waals surface area contributed by atoms with Crippen LogP contribution in [0.4, 0.5) is 4.39 Å². The standard InChI is InChI=1S/C47H41FN4.C2H6/c1-46(2,3)34-21-24-37-38-25-22-35(47(4,5)6)29-42(38)52(41(37)28-34)40-27-33(32-18-13-19-36(48)26-32)20-23-39(40)45-50-43(30-14-9-7-10-15-30)49-44(51-45)31-16-11-8-12-17-31;1-2/h7-29H,1-6H3;1-2H3. The van der Waals surface area contributed by atoms with Crippen LogP contribution in [0.3, 0.4) is 0 Å². The number of halogens is 1. The van der Waals surface area contributed by atoms with Crippen LogP contribution in [0.25, 0.3) is 72.8 Å². The number of benzene rings is 6. The van der Waals surface area contributed by atoms with Gasteiger partial charge in [0.1, 0.15) is 5.82 Å². The van der Waals surface area contributed by atoms with Crippen molar-refractivity contribution in [3.05, 3.63) is 156 Å². The molecule has 0 aliphatic carbocycles. The minimum absolute atomic E-state index is 0.0678. The summed E-state index contributed by atoms with van der Waals surface area (Å²) in [5.74, 6) is 1.47. The Morgan fingerprint density at radius 3 is 1.39 bits per heavy atom. The quantitative estimate of drug-likeness (QED) is 0.179. The summed E-state index contributed by atoms with van der Waals surface area (Å²) in [5.41, 5.74) is 9.77. The highest BCUT2D eigenvalue weighted by Gasteiger charge is 2.24. The zero-order chi connectivity index (χ0) is 38.2. The summed E-state index contributed by atoms with van der Waals surface area (Å²) in [6.07, 6.45) is 0. The molecule has 0 aliphatic heterocycles. The van der Waals surface area contributed by atoms with Crippen LogP contribution in [-0.4, -0.2) is 19.5 Å². The molecule has 0 saturated heterocycles. The molecule has 0 saturated carbocycles. The fraction of sp³-hybridized carbons (Fsp3) is 0.204. The first-order chi connectivity index (χ1) is 25.9. The van der Waals surface area contributed by atoms with Crippen molar-refractivity contribution in [1.29, 1.82) is 0 Å². The van der Waals surface area contributed by atoms with E-state index in [2.05, 4.69) is 94.6 Å². The van der Waals surface area contributed by atoms with E-state index in [-0.39, 0.29) is 16.6 Å². The van der Waals surface area contributed by atoms with E-state index in [4.69, 9.17) is 15.0 Å². The number of aromatic nitrogens is 4. The van der Waals surface area contributed by atoms with Gasteiger partial charge in [0.15, 0.2) is 17.5 Å². The van der Waals surface area contributed by atoms with Crippen LogP contribution in [0.1, 0.15) is 66.5 Å². The Kier molecular flexibility index (Phi) is 9.76. The number of rotatable bonds is 5. The Balaban J connectivity index is 0.00000221. The number of hydrogen-bond acceptors (Lipinski definition) is 3. The fourth-order valence-electron chi connectivity index (χ4n) is 6.89. The first-order valence-electron chi connectivity index (χ1n) is 18.8. The van der Waals surface area contributed by atoms with Gasteiger partial charge in [-0.2, -0.15) is 0 Å². The van der Waals surface area contributed by atoms with E-state index >= 15 is 0 Å². The molecular formula is C49H47FN4. The molecule has 0 bridgehead atoms. The van der Waals surface area contributed by atoms with Gasteiger partial charge in [-0.15, -0.1) is 0 Å². The minimum Gasteiger partial charge on any atom is -0.308 e. The molecule has 0 aliphatic rings. The molecule has 0 spiro atoms. The molecule has 8 rings (SSSR count). The average Bonchev–Trinajstić information content (AvgIpc) is 3.51. The maximum Gasteiger partial charge on any atom is 0.166 e. The van der Waals surface area contributed by atoms with E-state index in [9.17, 15) is 4.39 Å². The van der Waals surface area contributed by atoms with Gasteiger partial charge in [0.2, 0.25) is 0 Å². The van der Waals surface area contributed by atoms with Crippen LogP contribution in [0, 0.1) is 5.82 Å². The monoisotopic (exact) mass is 710 g/mol. The highest BCUT2D eigenvalue weighted by atomic mass is 19.1. The van der Waals surface area contributed by atoms with Crippen molar-refractivity contribution in [3.63, 3.8) is 0 Å². The Hall–Kier alpha value is -5.94. The normalized spacial score (nSPS) is 11.8. The lowest BCUT2D eigenvalue weighted by molar-refractivity contribution is 0.591. The van der Waals surface area contributed by atoms with Gasteiger partial charge in [0.05, 0.1) is 16.7 Å². The predicted molar refractivity (Wildman–Crippen MR) is 225 cm³/mol.